The Labute approximate surface area is 157 Å². The summed E-state index contributed by atoms with van der Waals surface area (Å²) in [5.74, 6) is 0.577. The zero-order valence-electron chi connectivity index (χ0n) is 14.6. The number of hydrogen-bond donors (Lipinski definition) is 0. The number of pyridine rings is 1. The maximum absolute atomic E-state index is 13.0. The number of hydrogen-bond acceptors (Lipinski definition) is 6. The van der Waals surface area contributed by atoms with Crippen molar-refractivity contribution in [1.82, 2.24) is 9.29 Å². The zero-order valence-corrected chi connectivity index (χ0v) is 16.3. The van der Waals surface area contributed by atoms with Crippen LogP contribution in [0, 0.1) is 6.92 Å². The molecule has 0 saturated carbocycles. The van der Waals surface area contributed by atoms with Crippen LogP contribution in [0.4, 0.5) is 0 Å². The number of nitrogens with zero attached hydrogens (tertiary/aromatic N) is 2. The van der Waals surface area contributed by atoms with Crippen LogP contribution in [0.5, 0.6) is 5.88 Å². The van der Waals surface area contributed by atoms with Crippen LogP contribution in [0.1, 0.15) is 24.8 Å². The van der Waals surface area contributed by atoms with Crippen LogP contribution in [0.3, 0.4) is 0 Å². The molecule has 8 heteroatoms. The van der Waals surface area contributed by atoms with Crippen molar-refractivity contribution in [3.8, 4) is 5.88 Å². The summed E-state index contributed by atoms with van der Waals surface area (Å²) in [6.07, 6.45) is 3.92. The Morgan fingerprint density at radius 2 is 2.27 bits per heavy atom. The van der Waals surface area contributed by atoms with E-state index in [-0.39, 0.29) is 6.10 Å². The van der Waals surface area contributed by atoms with Crippen LogP contribution in [-0.2, 0) is 14.8 Å². The van der Waals surface area contributed by atoms with Gasteiger partial charge in [0.15, 0.2) is 0 Å². The minimum Gasteiger partial charge on any atom is -0.472 e. The van der Waals surface area contributed by atoms with Crippen LogP contribution in [0.25, 0.3) is 0 Å². The molecule has 0 radical (unpaired) electrons. The van der Waals surface area contributed by atoms with Crippen LogP contribution >= 0.6 is 11.3 Å². The first kappa shape index (κ1) is 17.9. The number of aryl methyl sites for hydroxylation is 1. The average molecular weight is 395 g/mol. The van der Waals surface area contributed by atoms with Crippen molar-refractivity contribution in [2.45, 2.75) is 42.1 Å². The van der Waals surface area contributed by atoms with Gasteiger partial charge in [0, 0.05) is 31.8 Å². The number of sulfonamides is 1. The average Bonchev–Trinajstić information content (AvgIpc) is 3.23. The van der Waals surface area contributed by atoms with Crippen molar-refractivity contribution >= 4 is 21.4 Å². The lowest BCUT2D eigenvalue weighted by atomic mass is 9.90. The van der Waals surface area contributed by atoms with E-state index in [1.807, 2.05) is 36.6 Å². The Balaban J connectivity index is 1.48. The monoisotopic (exact) mass is 394 g/mol. The fourth-order valence-electron chi connectivity index (χ4n) is 3.75. The Morgan fingerprint density at radius 1 is 1.38 bits per heavy atom. The Hall–Kier alpha value is -1.48. The molecule has 2 atom stereocenters. The van der Waals surface area contributed by atoms with Crippen molar-refractivity contribution in [1.29, 1.82) is 0 Å². The highest BCUT2D eigenvalue weighted by Crippen LogP contribution is 2.38. The van der Waals surface area contributed by atoms with Crippen molar-refractivity contribution in [3.05, 3.63) is 41.4 Å². The maximum atomic E-state index is 13.0. The summed E-state index contributed by atoms with van der Waals surface area (Å²) >= 11 is 1.28. The van der Waals surface area contributed by atoms with Gasteiger partial charge in [-0.2, -0.15) is 4.31 Å². The van der Waals surface area contributed by atoms with Gasteiger partial charge in [0.05, 0.1) is 12.2 Å². The van der Waals surface area contributed by atoms with Gasteiger partial charge in [-0.3, -0.25) is 0 Å². The molecule has 0 amide bonds. The molecular formula is C18H22N2O4S2. The fraction of sp³-hybridized carbons (Fsp3) is 0.500. The molecule has 1 spiro atoms. The summed E-state index contributed by atoms with van der Waals surface area (Å²) < 4.78 is 40.1. The molecule has 0 unspecified atom stereocenters. The second-order valence-electron chi connectivity index (χ2n) is 6.94. The van der Waals surface area contributed by atoms with E-state index in [1.165, 1.54) is 11.3 Å². The molecule has 26 heavy (non-hydrogen) atoms. The summed E-state index contributed by atoms with van der Waals surface area (Å²) in [5, 5.41) is 1.82. The largest absolute Gasteiger partial charge is 0.472 e. The Bertz CT molecular complexity index is 868. The lowest BCUT2D eigenvalue weighted by Gasteiger charge is -2.38. The summed E-state index contributed by atoms with van der Waals surface area (Å²) in [6.45, 7) is 3.22. The molecule has 0 aliphatic carbocycles. The van der Waals surface area contributed by atoms with Gasteiger partial charge in [-0.25, -0.2) is 13.4 Å². The Morgan fingerprint density at radius 3 is 3.00 bits per heavy atom. The van der Waals surface area contributed by atoms with Gasteiger partial charge in [-0.15, -0.1) is 11.3 Å². The van der Waals surface area contributed by atoms with E-state index >= 15 is 0 Å². The second-order valence-corrected chi connectivity index (χ2v) is 9.99. The number of aromatic nitrogens is 1. The summed E-state index contributed by atoms with van der Waals surface area (Å²) in [7, 11) is -3.47. The van der Waals surface area contributed by atoms with E-state index < -0.39 is 15.6 Å². The van der Waals surface area contributed by atoms with Crippen LogP contribution in [-0.4, -0.2) is 49.1 Å². The second kappa shape index (κ2) is 6.92. The van der Waals surface area contributed by atoms with E-state index in [0.29, 0.717) is 36.2 Å². The third kappa shape index (κ3) is 3.38. The molecule has 2 aromatic rings. The lowest BCUT2D eigenvalue weighted by Crippen LogP contribution is -2.50. The van der Waals surface area contributed by atoms with Gasteiger partial charge in [-0.05, 0) is 42.8 Å². The molecule has 2 fully saturated rings. The molecule has 0 bridgehead atoms. The van der Waals surface area contributed by atoms with Crippen molar-refractivity contribution in [3.63, 3.8) is 0 Å². The van der Waals surface area contributed by atoms with Crippen molar-refractivity contribution in [2.75, 3.05) is 19.7 Å². The van der Waals surface area contributed by atoms with Crippen molar-refractivity contribution < 1.29 is 17.9 Å². The molecule has 2 saturated heterocycles. The fourth-order valence-corrected chi connectivity index (χ4v) is 6.86. The number of piperidine rings is 1. The molecule has 140 valence electrons. The highest BCUT2D eigenvalue weighted by molar-refractivity contribution is 7.91. The van der Waals surface area contributed by atoms with Gasteiger partial charge in [-0.1, -0.05) is 6.07 Å². The molecular weight excluding hydrogens is 372 g/mol. The first-order valence-corrected chi connectivity index (χ1v) is 11.1. The summed E-state index contributed by atoms with van der Waals surface area (Å²) in [5.41, 5.74) is 0.342. The molecule has 2 aliphatic heterocycles. The summed E-state index contributed by atoms with van der Waals surface area (Å²) in [4.78, 5) is 4.19. The number of rotatable bonds is 4. The van der Waals surface area contributed by atoms with E-state index in [9.17, 15) is 8.42 Å². The predicted octanol–water partition coefficient (Wildman–Crippen LogP) is 2.84. The molecule has 4 heterocycles. The number of thiophene rings is 1. The van der Waals surface area contributed by atoms with E-state index in [4.69, 9.17) is 9.47 Å². The summed E-state index contributed by atoms with van der Waals surface area (Å²) in [6, 6.07) is 7.39. The first-order valence-electron chi connectivity index (χ1n) is 8.74. The van der Waals surface area contributed by atoms with E-state index in [0.717, 1.165) is 18.4 Å². The quantitative estimate of drug-likeness (QED) is 0.798. The SMILES string of the molecule is Cc1ccsc1S(=O)(=O)N1CCC[C@@]2(C[C@@H](Oc3ccccn3)CO2)C1. The third-order valence-electron chi connectivity index (χ3n) is 4.99. The van der Waals surface area contributed by atoms with E-state index in [2.05, 4.69) is 4.98 Å². The van der Waals surface area contributed by atoms with Crippen LogP contribution in [0.2, 0.25) is 0 Å². The van der Waals surface area contributed by atoms with Gasteiger partial charge >= 0.3 is 0 Å². The van der Waals surface area contributed by atoms with Crippen LogP contribution < -0.4 is 4.74 Å². The normalized spacial score (nSPS) is 27.0. The lowest BCUT2D eigenvalue weighted by molar-refractivity contribution is -0.0338. The van der Waals surface area contributed by atoms with Gasteiger partial charge in [0.1, 0.15) is 10.3 Å². The Kier molecular flexibility index (Phi) is 4.77. The topological polar surface area (TPSA) is 68.7 Å². The number of ether oxygens (including phenoxy) is 2. The molecule has 2 aliphatic rings. The predicted molar refractivity (Wildman–Crippen MR) is 99.0 cm³/mol. The molecule has 2 aromatic heterocycles. The standard InChI is InChI=1S/C18H22N2O4S2/c1-14-6-10-25-17(14)26(21,22)20-9-4-7-18(13-20)11-15(12-23-18)24-16-5-2-3-8-19-16/h2-3,5-6,8,10,15H,4,7,9,11-13H2,1H3/t15-,18-/m1/s1. The van der Waals surface area contributed by atoms with Crippen molar-refractivity contribution in [2.24, 2.45) is 0 Å². The highest BCUT2D eigenvalue weighted by Gasteiger charge is 2.47. The highest BCUT2D eigenvalue weighted by atomic mass is 32.2. The van der Waals surface area contributed by atoms with Gasteiger partial charge in [0.25, 0.3) is 10.0 Å². The third-order valence-corrected chi connectivity index (χ3v) is 8.50. The van der Waals surface area contributed by atoms with Gasteiger partial charge in [0.2, 0.25) is 5.88 Å². The molecule has 6 nitrogen and oxygen atoms in total. The minimum absolute atomic E-state index is 0.101. The molecule has 4 rings (SSSR count). The maximum Gasteiger partial charge on any atom is 0.252 e. The molecule has 0 aromatic carbocycles. The van der Waals surface area contributed by atoms with Crippen LogP contribution in [0.15, 0.2) is 40.1 Å². The first-order chi connectivity index (χ1) is 12.5. The van der Waals surface area contributed by atoms with Gasteiger partial charge < -0.3 is 9.47 Å². The smallest absolute Gasteiger partial charge is 0.252 e. The molecule has 0 N–H and O–H groups in total. The minimum atomic E-state index is -3.47. The van der Waals surface area contributed by atoms with E-state index in [1.54, 1.807) is 10.5 Å². The zero-order chi connectivity index (χ0) is 18.2.